The predicted octanol–water partition coefficient (Wildman–Crippen LogP) is 3.69. The van der Waals surface area contributed by atoms with Gasteiger partial charge in [-0.3, -0.25) is 20.4 Å². The number of hydrazine groups is 1. The molecule has 0 aliphatic carbocycles. The van der Waals surface area contributed by atoms with Crippen molar-refractivity contribution in [2.45, 2.75) is 33.8 Å². The summed E-state index contributed by atoms with van der Waals surface area (Å²) in [5, 5.41) is 0. The molecule has 0 unspecified atom stereocenters. The third-order valence-corrected chi connectivity index (χ3v) is 4.41. The summed E-state index contributed by atoms with van der Waals surface area (Å²) in [6, 6.07) is 10.6. The van der Waals surface area contributed by atoms with Gasteiger partial charge in [-0.25, -0.2) is 0 Å². The summed E-state index contributed by atoms with van der Waals surface area (Å²) < 4.78 is 11.8. The van der Waals surface area contributed by atoms with Crippen molar-refractivity contribution in [1.82, 2.24) is 10.9 Å². The van der Waals surface area contributed by atoms with E-state index in [4.69, 9.17) is 9.47 Å². The first-order valence-electron chi connectivity index (χ1n) is 8.52. The number of aryl methyl sites for hydroxylation is 1. The quantitative estimate of drug-likeness (QED) is 0.679. The first kappa shape index (κ1) is 20.8. The molecule has 0 saturated heterocycles. The zero-order valence-corrected chi connectivity index (χ0v) is 17.3. The van der Waals surface area contributed by atoms with Gasteiger partial charge in [0.15, 0.2) is 6.61 Å². The molecule has 0 spiro atoms. The smallest absolute Gasteiger partial charge is 0.276 e. The van der Waals surface area contributed by atoms with Gasteiger partial charge in [-0.05, 0) is 79.0 Å². The van der Waals surface area contributed by atoms with Gasteiger partial charge in [-0.15, -0.1) is 0 Å². The second-order valence-corrected chi connectivity index (χ2v) is 7.16. The highest BCUT2D eigenvalue weighted by atomic mass is 79.9. The molecule has 2 amide bonds. The maximum Gasteiger partial charge on any atom is 0.276 e. The number of halogens is 1. The first-order chi connectivity index (χ1) is 12.8. The Morgan fingerprint density at radius 1 is 1.07 bits per heavy atom. The third-order valence-electron chi connectivity index (χ3n) is 3.79. The summed E-state index contributed by atoms with van der Waals surface area (Å²) in [5.74, 6) is 0.392. The molecular formula is C20H23BrN2O4. The van der Waals surface area contributed by atoms with Gasteiger partial charge in [0.1, 0.15) is 11.5 Å². The molecule has 6 nitrogen and oxygen atoms in total. The number of nitrogens with one attached hydrogen (secondary N) is 2. The highest BCUT2D eigenvalue weighted by molar-refractivity contribution is 9.10. The van der Waals surface area contributed by atoms with Crippen molar-refractivity contribution in [2.75, 3.05) is 6.61 Å². The van der Waals surface area contributed by atoms with Crippen LogP contribution >= 0.6 is 15.9 Å². The van der Waals surface area contributed by atoms with E-state index >= 15 is 0 Å². The molecule has 0 heterocycles. The monoisotopic (exact) mass is 434 g/mol. The Labute approximate surface area is 167 Å². The molecule has 2 aromatic carbocycles. The number of ether oxygens (including phenoxy) is 2. The van der Waals surface area contributed by atoms with Crippen LogP contribution in [0.25, 0.3) is 0 Å². The van der Waals surface area contributed by atoms with Gasteiger partial charge < -0.3 is 9.47 Å². The fourth-order valence-electron chi connectivity index (χ4n) is 2.25. The van der Waals surface area contributed by atoms with Crippen LogP contribution in [0.3, 0.4) is 0 Å². The largest absolute Gasteiger partial charge is 0.490 e. The lowest BCUT2D eigenvalue weighted by Crippen LogP contribution is -2.43. The van der Waals surface area contributed by atoms with Crippen LogP contribution < -0.4 is 20.3 Å². The molecular weight excluding hydrogens is 412 g/mol. The molecule has 7 heteroatoms. The maximum atomic E-state index is 12.2. The number of carbonyl (C=O) groups excluding carboxylic acids is 2. The van der Waals surface area contributed by atoms with E-state index in [2.05, 4.69) is 26.8 Å². The lowest BCUT2D eigenvalue weighted by atomic mass is 10.1. The second-order valence-electron chi connectivity index (χ2n) is 6.30. The zero-order chi connectivity index (χ0) is 20.0. The predicted molar refractivity (Wildman–Crippen MR) is 107 cm³/mol. The number of amides is 2. The van der Waals surface area contributed by atoms with Crippen LogP contribution in [-0.4, -0.2) is 24.5 Å². The normalized spacial score (nSPS) is 10.4. The van der Waals surface area contributed by atoms with Crippen LogP contribution in [0.2, 0.25) is 0 Å². The average molecular weight is 435 g/mol. The van der Waals surface area contributed by atoms with Crippen LogP contribution in [0.15, 0.2) is 40.9 Å². The summed E-state index contributed by atoms with van der Waals surface area (Å²) in [7, 11) is 0. The van der Waals surface area contributed by atoms with E-state index < -0.39 is 11.8 Å². The standard InChI is InChI=1S/C20H23BrN2O4/c1-12(2)27-18-9-8-15(10-16(18)21)20(25)23-22-19(24)11-26-17-7-5-6-13(3)14(17)4/h5-10,12H,11H2,1-4H3,(H,22,24)(H,23,25). The molecule has 0 aliphatic rings. The first-order valence-corrected chi connectivity index (χ1v) is 9.31. The second kappa shape index (κ2) is 9.41. The fourth-order valence-corrected chi connectivity index (χ4v) is 2.72. The van der Waals surface area contributed by atoms with Gasteiger partial charge in [0.2, 0.25) is 0 Å². The molecule has 2 rings (SSSR count). The van der Waals surface area contributed by atoms with Crippen LogP contribution in [-0.2, 0) is 4.79 Å². The molecule has 0 atom stereocenters. The topological polar surface area (TPSA) is 76.7 Å². The van der Waals surface area contributed by atoms with E-state index in [-0.39, 0.29) is 12.7 Å². The third kappa shape index (κ3) is 5.99. The van der Waals surface area contributed by atoms with Crippen molar-refractivity contribution < 1.29 is 19.1 Å². The zero-order valence-electron chi connectivity index (χ0n) is 15.8. The van der Waals surface area contributed by atoms with Crippen LogP contribution in [0, 0.1) is 13.8 Å². The molecule has 0 fully saturated rings. The van der Waals surface area contributed by atoms with E-state index in [1.165, 1.54) is 0 Å². The Morgan fingerprint density at radius 3 is 2.48 bits per heavy atom. The maximum absolute atomic E-state index is 12.2. The minimum absolute atomic E-state index is 0.0253. The van der Waals surface area contributed by atoms with E-state index in [1.807, 2.05) is 39.8 Å². The van der Waals surface area contributed by atoms with E-state index in [0.717, 1.165) is 11.1 Å². The Morgan fingerprint density at radius 2 is 1.81 bits per heavy atom. The Balaban J connectivity index is 1.86. The van der Waals surface area contributed by atoms with Gasteiger partial charge >= 0.3 is 0 Å². The van der Waals surface area contributed by atoms with Gasteiger partial charge in [0.05, 0.1) is 10.6 Å². The van der Waals surface area contributed by atoms with Crippen molar-refractivity contribution >= 4 is 27.7 Å². The SMILES string of the molecule is Cc1cccc(OCC(=O)NNC(=O)c2ccc(OC(C)C)c(Br)c2)c1C. The van der Waals surface area contributed by atoms with Gasteiger partial charge in [0, 0.05) is 5.56 Å². The van der Waals surface area contributed by atoms with E-state index in [1.54, 1.807) is 24.3 Å². The lowest BCUT2D eigenvalue weighted by Gasteiger charge is -2.13. The van der Waals surface area contributed by atoms with Crippen molar-refractivity contribution in [3.8, 4) is 11.5 Å². The number of benzene rings is 2. The highest BCUT2D eigenvalue weighted by Gasteiger charge is 2.12. The van der Waals surface area contributed by atoms with Crippen LogP contribution in [0.5, 0.6) is 11.5 Å². The average Bonchev–Trinajstić information content (AvgIpc) is 2.62. The van der Waals surface area contributed by atoms with Crippen LogP contribution in [0.1, 0.15) is 35.3 Å². The van der Waals surface area contributed by atoms with Gasteiger partial charge in [-0.2, -0.15) is 0 Å². The highest BCUT2D eigenvalue weighted by Crippen LogP contribution is 2.27. The van der Waals surface area contributed by atoms with E-state index in [0.29, 0.717) is 21.5 Å². The summed E-state index contributed by atoms with van der Waals surface area (Å²) in [5.41, 5.74) is 7.15. The molecule has 2 aromatic rings. The Kier molecular flexibility index (Phi) is 7.24. The Bertz CT molecular complexity index is 837. The molecule has 0 bridgehead atoms. The Hall–Kier alpha value is -2.54. The molecule has 0 saturated carbocycles. The number of rotatable bonds is 6. The number of hydrogen-bond acceptors (Lipinski definition) is 4. The molecule has 0 radical (unpaired) electrons. The summed E-state index contributed by atoms with van der Waals surface area (Å²) >= 11 is 3.37. The van der Waals surface area contributed by atoms with Gasteiger partial charge in [-0.1, -0.05) is 12.1 Å². The molecule has 27 heavy (non-hydrogen) atoms. The lowest BCUT2D eigenvalue weighted by molar-refractivity contribution is -0.123. The molecule has 2 N–H and O–H groups in total. The van der Waals surface area contributed by atoms with Gasteiger partial charge in [0.25, 0.3) is 11.8 Å². The van der Waals surface area contributed by atoms with Crippen molar-refractivity contribution in [1.29, 1.82) is 0 Å². The molecule has 0 aromatic heterocycles. The fraction of sp³-hybridized carbons (Fsp3) is 0.300. The summed E-state index contributed by atoms with van der Waals surface area (Å²) in [6.45, 7) is 7.54. The van der Waals surface area contributed by atoms with Crippen molar-refractivity contribution in [2.24, 2.45) is 0 Å². The van der Waals surface area contributed by atoms with Crippen LogP contribution in [0.4, 0.5) is 0 Å². The minimum atomic E-state index is -0.455. The van der Waals surface area contributed by atoms with E-state index in [9.17, 15) is 9.59 Å². The number of hydrogen-bond donors (Lipinski definition) is 2. The van der Waals surface area contributed by atoms with Crippen molar-refractivity contribution in [3.05, 3.63) is 57.6 Å². The summed E-state index contributed by atoms with van der Waals surface area (Å²) in [4.78, 5) is 24.1. The molecule has 0 aliphatic heterocycles. The number of carbonyl (C=O) groups is 2. The minimum Gasteiger partial charge on any atom is -0.490 e. The van der Waals surface area contributed by atoms with Crippen molar-refractivity contribution in [3.63, 3.8) is 0 Å². The molecule has 144 valence electrons. The summed E-state index contributed by atoms with van der Waals surface area (Å²) in [6.07, 6.45) is 0.0253.